The number of hydrogen-bond acceptors (Lipinski definition) is 3. The van der Waals surface area contributed by atoms with Crippen molar-refractivity contribution in [3.8, 4) is 0 Å². The molecule has 0 aromatic carbocycles. The fourth-order valence-electron chi connectivity index (χ4n) is 8.50. The average Bonchev–Trinajstić information content (AvgIpc) is 3.23. The van der Waals surface area contributed by atoms with Crippen LogP contribution in [-0.4, -0.2) is 18.4 Å². The Labute approximate surface area is 156 Å². The van der Waals surface area contributed by atoms with Crippen molar-refractivity contribution in [3.63, 3.8) is 0 Å². The van der Waals surface area contributed by atoms with E-state index in [2.05, 4.69) is 13.8 Å². The molecule has 0 amide bonds. The molecular formula is C23H32O3. The van der Waals surface area contributed by atoms with Gasteiger partial charge in [0.2, 0.25) is 0 Å². The van der Waals surface area contributed by atoms with Crippen molar-refractivity contribution < 1.29 is 14.3 Å². The second kappa shape index (κ2) is 5.45. The minimum Gasteiger partial charge on any atom is -0.466 e. The van der Waals surface area contributed by atoms with Crippen molar-refractivity contribution in [2.45, 2.75) is 65.7 Å². The van der Waals surface area contributed by atoms with Crippen molar-refractivity contribution in [2.75, 3.05) is 6.61 Å². The van der Waals surface area contributed by atoms with Gasteiger partial charge in [0, 0.05) is 13.3 Å². The van der Waals surface area contributed by atoms with E-state index in [1.54, 1.807) is 0 Å². The number of allylic oxidation sites excluding steroid dienone is 1. The zero-order valence-corrected chi connectivity index (χ0v) is 16.4. The van der Waals surface area contributed by atoms with Gasteiger partial charge in [-0.1, -0.05) is 19.4 Å². The molecule has 5 aliphatic carbocycles. The highest BCUT2D eigenvalue weighted by molar-refractivity contribution is 5.91. The Balaban J connectivity index is 1.46. The lowest BCUT2D eigenvalue weighted by Crippen LogP contribution is -2.52. The van der Waals surface area contributed by atoms with Crippen LogP contribution >= 0.6 is 0 Å². The van der Waals surface area contributed by atoms with Gasteiger partial charge in [0.15, 0.2) is 5.78 Å². The Morgan fingerprint density at radius 2 is 2.15 bits per heavy atom. The van der Waals surface area contributed by atoms with Gasteiger partial charge >= 0.3 is 5.97 Å². The quantitative estimate of drug-likeness (QED) is 0.682. The second-order valence-electron chi connectivity index (χ2n) is 10.3. The highest BCUT2D eigenvalue weighted by Gasteiger charge is 2.77. The van der Waals surface area contributed by atoms with Crippen LogP contribution in [0.2, 0.25) is 0 Å². The van der Waals surface area contributed by atoms with Gasteiger partial charge in [-0.05, 0) is 90.9 Å². The van der Waals surface area contributed by atoms with Crippen LogP contribution in [0.1, 0.15) is 65.7 Å². The van der Waals surface area contributed by atoms with E-state index in [4.69, 9.17) is 4.74 Å². The summed E-state index contributed by atoms with van der Waals surface area (Å²) < 4.78 is 5.48. The fourth-order valence-corrected chi connectivity index (χ4v) is 8.50. The van der Waals surface area contributed by atoms with Crippen molar-refractivity contribution in [1.29, 1.82) is 0 Å². The lowest BCUT2D eigenvalue weighted by Gasteiger charge is -2.58. The van der Waals surface area contributed by atoms with Gasteiger partial charge in [-0.2, -0.15) is 0 Å². The first-order chi connectivity index (χ1) is 12.4. The molecule has 0 radical (unpaired) electrons. The van der Waals surface area contributed by atoms with E-state index in [9.17, 15) is 9.59 Å². The number of carbonyl (C=O) groups is 2. The third-order valence-corrected chi connectivity index (χ3v) is 9.44. The number of rotatable bonds is 2. The molecule has 0 aromatic heterocycles. The van der Waals surface area contributed by atoms with Crippen molar-refractivity contribution in [1.82, 2.24) is 0 Å². The van der Waals surface area contributed by atoms with Gasteiger partial charge in [-0.15, -0.1) is 0 Å². The monoisotopic (exact) mass is 356 g/mol. The second-order valence-corrected chi connectivity index (χ2v) is 10.3. The first-order valence-electron chi connectivity index (χ1n) is 10.7. The number of carbonyl (C=O) groups excluding carboxylic acids is 2. The molecule has 8 atom stereocenters. The van der Waals surface area contributed by atoms with Crippen molar-refractivity contribution in [3.05, 3.63) is 11.6 Å². The summed E-state index contributed by atoms with van der Waals surface area (Å²) in [5, 5.41) is 0. The van der Waals surface area contributed by atoms with E-state index in [0.29, 0.717) is 41.0 Å². The van der Waals surface area contributed by atoms with Crippen LogP contribution in [0.15, 0.2) is 11.6 Å². The molecule has 0 bridgehead atoms. The maximum absolute atomic E-state index is 11.9. The lowest BCUT2D eigenvalue weighted by atomic mass is 9.46. The number of esters is 1. The van der Waals surface area contributed by atoms with E-state index in [1.165, 1.54) is 38.2 Å². The lowest BCUT2D eigenvalue weighted by molar-refractivity contribution is -0.146. The zero-order valence-electron chi connectivity index (χ0n) is 16.4. The third kappa shape index (κ3) is 2.06. The Bertz CT molecular complexity index is 694. The number of hydrogen-bond donors (Lipinski definition) is 0. The molecule has 5 rings (SSSR count). The molecule has 0 heterocycles. The Kier molecular flexibility index (Phi) is 3.57. The highest BCUT2D eigenvalue weighted by atomic mass is 16.5. The summed E-state index contributed by atoms with van der Waals surface area (Å²) in [6.07, 6.45) is 10.2. The summed E-state index contributed by atoms with van der Waals surface area (Å²) >= 11 is 0. The normalized spacial score (nSPS) is 51.5. The molecule has 0 saturated heterocycles. The molecule has 4 saturated carbocycles. The maximum atomic E-state index is 11.9. The Morgan fingerprint density at radius 1 is 1.35 bits per heavy atom. The van der Waals surface area contributed by atoms with E-state index >= 15 is 0 Å². The van der Waals surface area contributed by atoms with Crippen LogP contribution in [0.3, 0.4) is 0 Å². The van der Waals surface area contributed by atoms with Gasteiger partial charge in [0.1, 0.15) is 0 Å². The molecule has 26 heavy (non-hydrogen) atoms. The van der Waals surface area contributed by atoms with E-state index in [1.807, 2.05) is 6.08 Å². The summed E-state index contributed by atoms with van der Waals surface area (Å²) in [5.41, 5.74) is 2.31. The van der Waals surface area contributed by atoms with Crippen molar-refractivity contribution in [2.24, 2.45) is 46.3 Å². The number of fused-ring (bicyclic) bond motifs is 3. The van der Waals surface area contributed by atoms with E-state index in [0.717, 1.165) is 37.0 Å². The topological polar surface area (TPSA) is 43.4 Å². The molecule has 0 aromatic rings. The van der Waals surface area contributed by atoms with Crippen LogP contribution in [0.5, 0.6) is 0 Å². The van der Waals surface area contributed by atoms with Gasteiger partial charge in [-0.25, -0.2) is 0 Å². The first-order valence-corrected chi connectivity index (χ1v) is 10.7. The molecular weight excluding hydrogens is 324 g/mol. The van der Waals surface area contributed by atoms with Crippen molar-refractivity contribution >= 4 is 11.8 Å². The standard InChI is InChI=1S/C23H32O3/c1-13-8-15-9-18(25)4-5-19(15)20-6-7-22(3)17(12-26-14(2)24)10-16-11-23(16,22)21(13)20/h9,13,16-17,19-21H,4-8,10-12H2,1-3H3/t13-,16+,17+,19+,20-,21-,22-,23-/m1/s1. The Hall–Kier alpha value is -1.12. The average molecular weight is 357 g/mol. The van der Waals surface area contributed by atoms with E-state index < -0.39 is 0 Å². The largest absolute Gasteiger partial charge is 0.466 e. The molecule has 1 spiro atoms. The summed E-state index contributed by atoms with van der Waals surface area (Å²) in [7, 11) is 0. The minimum atomic E-state index is -0.135. The smallest absolute Gasteiger partial charge is 0.302 e. The van der Waals surface area contributed by atoms with Crippen LogP contribution in [0, 0.1) is 46.3 Å². The predicted molar refractivity (Wildman–Crippen MR) is 99.2 cm³/mol. The third-order valence-electron chi connectivity index (χ3n) is 9.44. The predicted octanol–water partition coefficient (Wildman–Crippen LogP) is 4.55. The summed E-state index contributed by atoms with van der Waals surface area (Å²) in [5.74, 6) is 4.55. The molecule has 142 valence electrons. The minimum absolute atomic E-state index is 0.135. The molecule has 4 fully saturated rings. The summed E-state index contributed by atoms with van der Waals surface area (Å²) in [6.45, 7) is 7.13. The maximum Gasteiger partial charge on any atom is 0.302 e. The highest BCUT2D eigenvalue weighted by Crippen LogP contribution is 2.83. The molecule has 3 heteroatoms. The van der Waals surface area contributed by atoms with E-state index in [-0.39, 0.29) is 5.97 Å². The molecule has 5 aliphatic rings. The fraction of sp³-hybridized carbons (Fsp3) is 0.826. The number of ether oxygens (including phenoxy) is 1. The van der Waals surface area contributed by atoms with Gasteiger partial charge in [0.25, 0.3) is 0 Å². The molecule has 0 N–H and O–H groups in total. The summed E-state index contributed by atoms with van der Waals surface area (Å²) in [4.78, 5) is 23.3. The molecule has 0 aliphatic heterocycles. The van der Waals surface area contributed by atoms with Gasteiger partial charge < -0.3 is 4.74 Å². The van der Waals surface area contributed by atoms with Gasteiger partial charge in [0.05, 0.1) is 6.61 Å². The molecule has 3 nitrogen and oxygen atoms in total. The SMILES string of the molecule is CC(=O)OC[C@@H]1C[C@H]2C[C@]23[C@H]2[C@H](CC[C@]13C)[C@H]1CCC(=O)C=C1C[C@H]2C. The first kappa shape index (κ1) is 17.0. The van der Waals surface area contributed by atoms with Crippen LogP contribution in [0.4, 0.5) is 0 Å². The Morgan fingerprint density at radius 3 is 2.92 bits per heavy atom. The van der Waals surface area contributed by atoms with Crippen LogP contribution < -0.4 is 0 Å². The van der Waals surface area contributed by atoms with Crippen LogP contribution in [0.25, 0.3) is 0 Å². The number of ketones is 1. The van der Waals surface area contributed by atoms with Gasteiger partial charge in [-0.3, -0.25) is 9.59 Å². The van der Waals surface area contributed by atoms with Crippen LogP contribution in [-0.2, 0) is 14.3 Å². The zero-order chi connectivity index (χ0) is 18.3. The molecule has 0 unspecified atom stereocenters. The summed E-state index contributed by atoms with van der Waals surface area (Å²) in [6, 6.07) is 0.